The zero-order valence-electron chi connectivity index (χ0n) is 10.7. The van der Waals surface area contributed by atoms with Crippen LogP contribution in [0, 0.1) is 6.92 Å². The highest BCUT2D eigenvalue weighted by Crippen LogP contribution is 2.17. The maximum Gasteiger partial charge on any atom is 0.218 e. The van der Waals surface area contributed by atoms with E-state index < -0.39 is 0 Å². The number of hydrogen-bond donors (Lipinski definition) is 1. The molecule has 1 unspecified atom stereocenters. The fraction of sp³-hybridized carbons (Fsp3) is 0.667. The molecule has 1 saturated heterocycles. The van der Waals surface area contributed by atoms with Crippen LogP contribution in [-0.2, 0) is 0 Å². The third-order valence-corrected chi connectivity index (χ3v) is 2.85. The van der Waals surface area contributed by atoms with Crippen LogP contribution < -0.4 is 10.1 Å². The van der Waals surface area contributed by atoms with E-state index in [4.69, 9.17) is 4.74 Å². The lowest BCUT2D eigenvalue weighted by molar-refractivity contribution is 0.325. The van der Waals surface area contributed by atoms with E-state index in [1.807, 2.05) is 19.9 Å². The Labute approximate surface area is 102 Å². The van der Waals surface area contributed by atoms with Crippen LogP contribution in [0.25, 0.3) is 0 Å². The molecule has 0 aromatic carbocycles. The quantitative estimate of drug-likeness (QED) is 0.854. The molecule has 1 atom stereocenters. The van der Waals surface area contributed by atoms with Crippen LogP contribution in [0.2, 0.25) is 0 Å². The van der Waals surface area contributed by atoms with E-state index in [0.717, 1.165) is 31.2 Å². The molecule has 5 nitrogen and oxygen atoms in total. The molecule has 17 heavy (non-hydrogen) atoms. The van der Waals surface area contributed by atoms with Crippen molar-refractivity contribution in [2.45, 2.75) is 26.3 Å². The number of likely N-dealkylation sites (N-methyl/N-ethyl adjacent to an activating group) is 1. The Hall–Kier alpha value is -1.36. The Kier molecular flexibility index (Phi) is 3.78. The van der Waals surface area contributed by atoms with Gasteiger partial charge in [0.25, 0.3) is 0 Å². The van der Waals surface area contributed by atoms with Crippen molar-refractivity contribution in [2.75, 3.05) is 32.1 Å². The molecule has 2 rings (SSSR count). The number of nitrogens with zero attached hydrogens (tertiary/aromatic N) is 3. The molecule has 5 heteroatoms. The van der Waals surface area contributed by atoms with Crippen molar-refractivity contribution < 1.29 is 4.74 Å². The van der Waals surface area contributed by atoms with Crippen molar-refractivity contribution in [3.8, 4) is 5.88 Å². The maximum absolute atomic E-state index is 5.41. The van der Waals surface area contributed by atoms with E-state index in [1.54, 1.807) is 0 Å². The van der Waals surface area contributed by atoms with Crippen LogP contribution >= 0.6 is 0 Å². The lowest BCUT2D eigenvalue weighted by Gasteiger charge is -2.14. The molecule has 0 bridgehead atoms. The first-order chi connectivity index (χ1) is 8.17. The summed E-state index contributed by atoms with van der Waals surface area (Å²) in [6.45, 7) is 6.67. The molecule has 1 aliphatic heterocycles. The fourth-order valence-corrected chi connectivity index (χ4v) is 2.10. The highest BCUT2D eigenvalue weighted by atomic mass is 16.5. The highest BCUT2D eigenvalue weighted by molar-refractivity contribution is 5.39. The number of anilines is 1. The van der Waals surface area contributed by atoms with E-state index in [9.17, 15) is 0 Å². The molecule has 1 aromatic heterocycles. The Bertz CT molecular complexity index is 383. The van der Waals surface area contributed by atoms with Gasteiger partial charge in [-0.25, -0.2) is 4.98 Å². The Balaban J connectivity index is 2.04. The molecule has 1 N–H and O–H groups in total. The van der Waals surface area contributed by atoms with Crippen molar-refractivity contribution >= 4 is 5.82 Å². The summed E-state index contributed by atoms with van der Waals surface area (Å²) in [5.74, 6) is 2.25. The van der Waals surface area contributed by atoms with Gasteiger partial charge < -0.3 is 15.0 Å². The largest absolute Gasteiger partial charge is 0.478 e. The molecule has 0 radical (unpaired) electrons. The van der Waals surface area contributed by atoms with Crippen LogP contribution in [0.15, 0.2) is 6.07 Å². The summed E-state index contributed by atoms with van der Waals surface area (Å²) in [5.41, 5.74) is 0. The number of nitrogens with one attached hydrogen (secondary N) is 1. The van der Waals surface area contributed by atoms with Gasteiger partial charge in [-0.2, -0.15) is 4.98 Å². The van der Waals surface area contributed by atoms with Crippen LogP contribution in [-0.4, -0.2) is 47.7 Å². The summed E-state index contributed by atoms with van der Waals surface area (Å²) in [7, 11) is 2.14. The third kappa shape index (κ3) is 3.30. The minimum absolute atomic E-state index is 0.476. The van der Waals surface area contributed by atoms with E-state index in [0.29, 0.717) is 18.5 Å². The lowest BCUT2D eigenvalue weighted by Crippen LogP contribution is -2.24. The summed E-state index contributed by atoms with van der Waals surface area (Å²) < 4.78 is 5.41. The second-order valence-corrected chi connectivity index (χ2v) is 4.46. The summed E-state index contributed by atoms with van der Waals surface area (Å²) >= 11 is 0. The summed E-state index contributed by atoms with van der Waals surface area (Å²) in [6.07, 6.45) is 1.16. The van der Waals surface area contributed by atoms with Crippen LogP contribution in [0.5, 0.6) is 5.88 Å². The van der Waals surface area contributed by atoms with Gasteiger partial charge in [0.2, 0.25) is 5.88 Å². The van der Waals surface area contributed by atoms with Gasteiger partial charge in [-0.1, -0.05) is 0 Å². The van der Waals surface area contributed by atoms with E-state index in [1.165, 1.54) is 0 Å². The molecule has 2 heterocycles. The van der Waals surface area contributed by atoms with Gasteiger partial charge in [-0.05, 0) is 33.9 Å². The summed E-state index contributed by atoms with van der Waals surface area (Å²) in [4.78, 5) is 10.9. The van der Waals surface area contributed by atoms with Gasteiger partial charge in [-0.3, -0.25) is 0 Å². The normalized spacial score (nSPS) is 20.5. The Morgan fingerprint density at radius 2 is 2.35 bits per heavy atom. The van der Waals surface area contributed by atoms with Gasteiger partial charge in [-0.15, -0.1) is 0 Å². The molecule has 1 aromatic rings. The smallest absolute Gasteiger partial charge is 0.218 e. The van der Waals surface area contributed by atoms with Crippen molar-refractivity contribution in [1.82, 2.24) is 14.9 Å². The molecule has 0 saturated carbocycles. The maximum atomic E-state index is 5.41. The van der Waals surface area contributed by atoms with Crippen molar-refractivity contribution in [3.63, 3.8) is 0 Å². The zero-order chi connectivity index (χ0) is 12.3. The first-order valence-corrected chi connectivity index (χ1v) is 6.11. The minimum atomic E-state index is 0.476. The standard InChI is InChI=1S/C12H20N4O/c1-4-17-12-7-11(13-9(2)14-12)15-10-5-6-16(3)8-10/h7,10H,4-6,8H2,1-3H3,(H,13,14,15). The second kappa shape index (κ2) is 5.31. The Morgan fingerprint density at radius 3 is 3.00 bits per heavy atom. The van der Waals surface area contributed by atoms with Gasteiger partial charge in [0.05, 0.1) is 6.61 Å². The molecule has 0 amide bonds. The van der Waals surface area contributed by atoms with Crippen molar-refractivity contribution in [1.29, 1.82) is 0 Å². The van der Waals surface area contributed by atoms with Crippen molar-refractivity contribution in [2.24, 2.45) is 0 Å². The average Bonchev–Trinajstić information content (AvgIpc) is 2.63. The van der Waals surface area contributed by atoms with E-state index >= 15 is 0 Å². The molecular weight excluding hydrogens is 216 g/mol. The molecule has 0 aliphatic carbocycles. The first-order valence-electron chi connectivity index (χ1n) is 6.11. The van der Waals surface area contributed by atoms with E-state index in [2.05, 4.69) is 27.2 Å². The minimum Gasteiger partial charge on any atom is -0.478 e. The summed E-state index contributed by atoms with van der Waals surface area (Å²) in [6, 6.07) is 2.35. The molecule has 1 aliphatic rings. The van der Waals surface area contributed by atoms with Gasteiger partial charge in [0.15, 0.2) is 0 Å². The SMILES string of the molecule is CCOc1cc(NC2CCN(C)C2)nc(C)n1. The highest BCUT2D eigenvalue weighted by Gasteiger charge is 2.19. The molecule has 0 spiro atoms. The molecule has 1 fully saturated rings. The Morgan fingerprint density at radius 1 is 1.53 bits per heavy atom. The third-order valence-electron chi connectivity index (χ3n) is 2.85. The monoisotopic (exact) mass is 236 g/mol. The van der Waals surface area contributed by atoms with Crippen molar-refractivity contribution in [3.05, 3.63) is 11.9 Å². The number of ether oxygens (including phenoxy) is 1. The number of rotatable bonds is 4. The van der Waals surface area contributed by atoms with Crippen LogP contribution in [0.3, 0.4) is 0 Å². The first kappa shape index (κ1) is 12.1. The van der Waals surface area contributed by atoms with Gasteiger partial charge in [0.1, 0.15) is 11.6 Å². The van der Waals surface area contributed by atoms with Crippen LogP contribution in [0.4, 0.5) is 5.82 Å². The predicted molar refractivity (Wildman–Crippen MR) is 67.5 cm³/mol. The topological polar surface area (TPSA) is 50.3 Å². The number of aryl methyl sites for hydroxylation is 1. The second-order valence-electron chi connectivity index (χ2n) is 4.46. The molecule has 94 valence electrons. The molecular formula is C12H20N4O. The lowest BCUT2D eigenvalue weighted by atomic mass is 10.2. The zero-order valence-corrected chi connectivity index (χ0v) is 10.7. The van der Waals surface area contributed by atoms with Gasteiger partial charge in [0, 0.05) is 18.7 Å². The van der Waals surface area contributed by atoms with Crippen LogP contribution in [0.1, 0.15) is 19.2 Å². The van der Waals surface area contributed by atoms with Gasteiger partial charge >= 0.3 is 0 Å². The summed E-state index contributed by atoms with van der Waals surface area (Å²) in [5, 5.41) is 3.44. The predicted octanol–water partition coefficient (Wildman–Crippen LogP) is 1.30. The number of hydrogen-bond acceptors (Lipinski definition) is 5. The number of aromatic nitrogens is 2. The van der Waals surface area contributed by atoms with E-state index in [-0.39, 0.29) is 0 Å². The fourth-order valence-electron chi connectivity index (χ4n) is 2.10. The average molecular weight is 236 g/mol. The number of likely N-dealkylation sites (tertiary alicyclic amines) is 1.